The highest BCUT2D eigenvalue weighted by atomic mass is 16.5. The number of hydrogen-bond acceptors (Lipinski definition) is 6. The molecule has 0 spiro atoms. The molecule has 0 radical (unpaired) electrons. The van der Waals surface area contributed by atoms with Crippen molar-refractivity contribution in [2.45, 2.75) is 32.6 Å². The van der Waals surface area contributed by atoms with E-state index in [9.17, 15) is 4.79 Å². The number of fused-ring (bicyclic) bond motifs is 1. The van der Waals surface area contributed by atoms with Crippen LogP contribution in [-0.2, 0) is 9.53 Å². The van der Waals surface area contributed by atoms with E-state index in [1.54, 1.807) is 0 Å². The molecule has 2 aromatic heterocycles. The molecular weight excluding hydrogens is 426 g/mol. The second kappa shape index (κ2) is 10.8. The van der Waals surface area contributed by atoms with Gasteiger partial charge < -0.3 is 14.5 Å². The largest absolute Gasteiger partial charge is 0.469 e. The smallest absolute Gasteiger partial charge is 0.305 e. The number of benzene rings is 2. The molecule has 0 atom stereocenters. The Morgan fingerprint density at radius 1 is 1.09 bits per heavy atom. The van der Waals surface area contributed by atoms with Crippen LogP contribution in [0.3, 0.4) is 0 Å². The molecule has 0 fully saturated rings. The number of carbonyl (C=O) groups is 1. The molecule has 1 N–H and O–H groups in total. The number of anilines is 1. The van der Waals surface area contributed by atoms with E-state index >= 15 is 0 Å². The van der Waals surface area contributed by atoms with Crippen molar-refractivity contribution in [2.75, 3.05) is 19.0 Å². The van der Waals surface area contributed by atoms with Gasteiger partial charge in [0.05, 0.1) is 12.5 Å². The van der Waals surface area contributed by atoms with E-state index in [-0.39, 0.29) is 5.97 Å². The van der Waals surface area contributed by atoms with Gasteiger partial charge in [0.2, 0.25) is 5.71 Å². The van der Waals surface area contributed by atoms with Gasteiger partial charge in [-0.05, 0) is 42.5 Å². The lowest BCUT2D eigenvalue weighted by molar-refractivity contribution is -0.140. The maximum absolute atomic E-state index is 11.3. The number of ether oxygens (including phenoxy) is 1. The number of carbonyl (C=O) groups excluding carboxylic acids is 1. The van der Waals surface area contributed by atoms with Crippen molar-refractivity contribution >= 4 is 29.0 Å². The molecule has 6 nitrogen and oxygen atoms in total. The van der Waals surface area contributed by atoms with Gasteiger partial charge in [0.25, 0.3) is 0 Å². The van der Waals surface area contributed by atoms with E-state index in [0.717, 1.165) is 70.6 Å². The van der Waals surface area contributed by atoms with Crippen molar-refractivity contribution in [1.29, 1.82) is 0 Å². The Morgan fingerprint density at radius 2 is 1.91 bits per heavy atom. The number of methoxy groups -OCH3 is 1. The molecule has 0 saturated heterocycles. The van der Waals surface area contributed by atoms with E-state index in [2.05, 4.69) is 47.0 Å². The summed E-state index contributed by atoms with van der Waals surface area (Å²) in [7, 11) is 1.42. The number of esters is 1. The van der Waals surface area contributed by atoms with Crippen molar-refractivity contribution in [2.24, 2.45) is 0 Å². The summed E-state index contributed by atoms with van der Waals surface area (Å²) in [4.78, 5) is 20.3. The Balaban J connectivity index is 1.71. The van der Waals surface area contributed by atoms with Crippen molar-refractivity contribution in [3.8, 4) is 22.5 Å². The Bertz CT molecular complexity index is 1300. The average molecular weight is 456 g/mol. The van der Waals surface area contributed by atoms with Crippen molar-refractivity contribution in [3.63, 3.8) is 0 Å². The van der Waals surface area contributed by atoms with Crippen molar-refractivity contribution in [1.82, 2.24) is 9.97 Å². The molecule has 2 heterocycles. The first-order chi connectivity index (χ1) is 16.6. The Hall–Kier alpha value is -3.93. The van der Waals surface area contributed by atoms with Crippen LogP contribution in [-0.4, -0.2) is 29.6 Å². The highest BCUT2D eigenvalue weighted by Gasteiger charge is 2.22. The van der Waals surface area contributed by atoms with Gasteiger partial charge >= 0.3 is 5.97 Å². The highest BCUT2D eigenvalue weighted by Crippen LogP contribution is 2.43. The van der Waals surface area contributed by atoms with Crippen LogP contribution in [0.25, 0.3) is 39.6 Å². The fraction of sp³-hybridized carbons (Fsp3) is 0.250. The number of hydrogen-bond donors (Lipinski definition) is 1. The minimum Gasteiger partial charge on any atom is -0.469 e. The quantitative estimate of drug-likeness (QED) is 0.213. The van der Waals surface area contributed by atoms with Gasteiger partial charge in [-0.2, -0.15) is 0 Å². The predicted molar refractivity (Wildman–Crippen MR) is 136 cm³/mol. The molecule has 4 rings (SSSR count). The van der Waals surface area contributed by atoms with Gasteiger partial charge in [-0.3, -0.25) is 4.79 Å². The van der Waals surface area contributed by atoms with Crippen LogP contribution in [0.4, 0.5) is 5.82 Å². The molecular formula is C28H29N3O3. The molecule has 4 aromatic rings. The zero-order valence-corrected chi connectivity index (χ0v) is 19.6. The van der Waals surface area contributed by atoms with E-state index in [0.29, 0.717) is 12.1 Å². The second-order valence-electron chi connectivity index (χ2n) is 8.16. The lowest BCUT2D eigenvalue weighted by Gasteiger charge is -2.10. The fourth-order valence-electron chi connectivity index (χ4n) is 4.03. The zero-order chi connectivity index (χ0) is 23.9. The maximum atomic E-state index is 11.3. The summed E-state index contributed by atoms with van der Waals surface area (Å²) in [5.41, 5.74) is 5.73. The molecule has 174 valence electrons. The average Bonchev–Trinajstić information content (AvgIpc) is 3.27. The Labute approximate surface area is 199 Å². The van der Waals surface area contributed by atoms with Gasteiger partial charge in [0.15, 0.2) is 0 Å². The Morgan fingerprint density at radius 3 is 2.68 bits per heavy atom. The zero-order valence-electron chi connectivity index (χ0n) is 19.6. The molecule has 0 unspecified atom stereocenters. The summed E-state index contributed by atoms with van der Waals surface area (Å²) < 4.78 is 11.0. The Kier molecular flexibility index (Phi) is 7.38. The van der Waals surface area contributed by atoms with Crippen LogP contribution < -0.4 is 5.32 Å². The lowest BCUT2D eigenvalue weighted by atomic mass is 9.96. The third-order valence-corrected chi connectivity index (χ3v) is 5.89. The van der Waals surface area contributed by atoms with Crippen molar-refractivity contribution < 1.29 is 13.9 Å². The van der Waals surface area contributed by atoms with Crippen LogP contribution in [0, 0.1) is 6.92 Å². The highest BCUT2D eigenvalue weighted by molar-refractivity contribution is 6.06. The van der Waals surface area contributed by atoms with Crippen LogP contribution in [0.15, 0.2) is 65.9 Å². The third kappa shape index (κ3) is 5.01. The van der Waals surface area contributed by atoms with Gasteiger partial charge in [0.1, 0.15) is 17.9 Å². The lowest BCUT2D eigenvalue weighted by Crippen LogP contribution is -2.05. The van der Waals surface area contributed by atoms with E-state index in [1.807, 2.05) is 36.4 Å². The third-order valence-electron chi connectivity index (χ3n) is 5.89. The van der Waals surface area contributed by atoms with Gasteiger partial charge in [-0.1, -0.05) is 61.5 Å². The monoisotopic (exact) mass is 455 g/mol. The van der Waals surface area contributed by atoms with Crippen LogP contribution >= 0.6 is 0 Å². The standard InChI is InChI=1S/C28H29N3O3/c1-4-20-17-22(15-14-19(20)2)24-25-27(29-16-10-6-9-13-23(32)33-3)30-18-31-28(25)34-26(24)21-11-7-5-8-12-21/h4-5,7-8,11-12,14-15,17-18H,1,6,9-10,13,16H2,2-3H3,(H,29,30,31). The van der Waals surface area contributed by atoms with Gasteiger partial charge in [-0.25, -0.2) is 9.97 Å². The van der Waals surface area contributed by atoms with Crippen molar-refractivity contribution in [3.05, 3.63) is 72.6 Å². The first-order valence-electron chi connectivity index (χ1n) is 11.5. The van der Waals surface area contributed by atoms with Gasteiger partial charge in [0, 0.05) is 24.1 Å². The normalized spacial score (nSPS) is 10.9. The SMILES string of the molecule is C=Cc1cc(-c2c(-c3ccccc3)oc3ncnc(NCCCCCC(=O)OC)c23)ccc1C. The molecule has 0 aliphatic carbocycles. The van der Waals surface area contributed by atoms with E-state index < -0.39 is 0 Å². The van der Waals surface area contributed by atoms with Crippen LogP contribution in [0.1, 0.15) is 36.8 Å². The first-order valence-corrected chi connectivity index (χ1v) is 11.5. The number of furan rings is 1. The summed E-state index contributed by atoms with van der Waals surface area (Å²) in [5, 5.41) is 4.31. The summed E-state index contributed by atoms with van der Waals surface area (Å²) in [6.07, 6.45) is 6.47. The minimum atomic E-state index is -0.168. The predicted octanol–water partition coefficient (Wildman–Crippen LogP) is 6.65. The summed E-state index contributed by atoms with van der Waals surface area (Å²) in [5.74, 6) is 1.33. The molecule has 0 aliphatic rings. The maximum Gasteiger partial charge on any atom is 0.305 e. The molecule has 6 heteroatoms. The summed E-state index contributed by atoms with van der Waals surface area (Å²) in [6.45, 7) is 6.77. The molecule has 0 bridgehead atoms. The molecule has 0 aliphatic heterocycles. The minimum absolute atomic E-state index is 0.168. The number of rotatable bonds is 10. The van der Waals surface area contributed by atoms with Crippen LogP contribution in [0.2, 0.25) is 0 Å². The number of nitrogens with zero attached hydrogens (tertiary/aromatic N) is 2. The van der Waals surface area contributed by atoms with Crippen LogP contribution in [0.5, 0.6) is 0 Å². The van der Waals surface area contributed by atoms with E-state index in [4.69, 9.17) is 9.15 Å². The summed E-state index contributed by atoms with van der Waals surface area (Å²) in [6, 6.07) is 16.4. The van der Waals surface area contributed by atoms with E-state index in [1.165, 1.54) is 13.4 Å². The first kappa shape index (κ1) is 23.2. The number of aromatic nitrogens is 2. The number of unbranched alkanes of at least 4 members (excludes halogenated alkanes) is 2. The number of nitrogens with one attached hydrogen (secondary N) is 1. The fourth-order valence-corrected chi connectivity index (χ4v) is 4.03. The molecule has 0 amide bonds. The van der Waals surface area contributed by atoms with Gasteiger partial charge in [-0.15, -0.1) is 0 Å². The molecule has 0 saturated carbocycles. The molecule has 34 heavy (non-hydrogen) atoms. The topological polar surface area (TPSA) is 77.3 Å². The number of aryl methyl sites for hydroxylation is 1. The second-order valence-corrected chi connectivity index (χ2v) is 8.16. The molecule has 2 aromatic carbocycles. The summed E-state index contributed by atoms with van der Waals surface area (Å²) >= 11 is 0.